The molecule has 0 unspecified atom stereocenters. The number of hydrogen-bond acceptors (Lipinski definition) is 0. The molecule has 0 aliphatic rings. The summed E-state index contributed by atoms with van der Waals surface area (Å²) < 4.78 is 36.2. The molecule has 3 heteroatoms. The Morgan fingerprint density at radius 1 is 1.20 bits per heavy atom. The monoisotopic (exact) mass is 154 g/mol. The lowest BCUT2D eigenvalue weighted by Crippen LogP contribution is -2.16. The third kappa shape index (κ3) is 4.65. The molecule has 0 spiro atoms. The first-order chi connectivity index (χ1) is 4.62. The van der Waals surface area contributed by atoms with Crippen molar-refractivity contribution in [3.63, 3.8) is 0 Å². The molecule has 10 heavy (non-hydrogen) atoms. The molecule has 0 atom stereocenters. The second-order valence-electron chi connectivity index (χ2n) is 2.40. The second kappa shape index (κ2) is 4.58. The van der Waals surface area contributed by atoms with Crippen molar-refractivity contribution >= 4 is 0 Å². The Morgan fingerprint density at radius 2 is 1.80 bits per heavy atom. The van der Waals surface area contributed by atoms with Crippen LogP contribution in [0.5, 0.6) is 0 Å². The van der Waals surface area contributed by atoms with Gasteiger partial charge in [-0.1, -0.05) is 13.3 Å². The fourth-order valence-electron chi connectivity index (χ4n) is 0.699. The quantitative estimate of drug-likeness (QED) is 0.570. The second-order valence-corrected chi connectivity index (χ2v) is 2.40. The van der Waals surface area contributed by atoms with Crippen molar-refractivity contribution in [2.45, 2.75) is 38.5 Å². The highest BCUT2D eigenvalue weighted by Crippen LogP contribution is 2.24. The third-order valence-corrected chi connectivity index (χ3v) is 1.36. The van der Waals surface area contributed by atoms with Crippen molar-refractivity contribution in [3.05, 3.63) is 0 Å². The molecular weight excluding hydrogens is 141 g/mol. The van der Waals surface area contributed by atoms with E-state index in [4.69, 9.17) is 0 Å². The van der Waals surface area contributed by atoms with Gasteiger partial charge in [-0.15, -0.1) is 0 Å². The first kappa shape index (κ1) is 9.79. The van der Waals surface area contributed by atoms with Crippen LogP contribution >= 0.6 is 0 Å². The molecule has 0 saturated carbocycles. The zero-order chi connectivity index (χ0) is 8.04. The maximum atomic E-state index is 12.4. The molecule has 62 valence electrons. The van der Waals surface area contributed by atoms with E-state index in [9.17, 15) is 13.2 Å². The molecule has 0 aromatic carbocycles. The molecular formula is C7H13F3. The van der Waals surface area contributed by atoms with Crippen LogP contribution in [0.1, 0.15) is 32.6 Å². The molecule has 0 aromatic heterocycles. The Hall–Kier alpha value is -0.210. The van der Waals surface area contributed by atoms with Crippen molar-refractivity contribution in [1.29, 1.82) is 0 Å². The summed E-state index contributed by atoms with van der Waals surface area (Å²) in [5.41, 5.74) is 0. The van der Waals surface area contributed by atoms with E-state index in [0.29, 0.717) is 6.42 Å². The van der Waals surface area contributed by atoms with Gasteiger partial charge in [0.05, 0.1) is 6.67 Å². The summed E-state index contributed by atoms with van der Waals surface area (Å²) >= 11 is 0. The number of halogens is 3. The molecule has 0 heterocycles. The zero-order valence-electron chi connectivity index (χ0n) is 6.17. The van der Waals surface area contributed by atoms with Gasteiger partial charge < -0.3 is 0 Å². The molecule has 0 rings (SSSR count). The summed E-state index contributed by atoms with van der Waals surface area (Å²) in [7, 11) is 0. The van der Waals surface area contributed by atoms with Crippen LogP contribution in [0.3, 0.4) is 0 Å². The SMILES string of the molecule is CCCCC(F)(F)CCF. The lowest BCUT2D eigenvalue weighted by Gasteiger charge is -2.12. The normalized spacial score (nSPS) is 12.0. The predicted molar refractivity (Wildman–Crippen MR) is 35.1 cm³/mol. The van der Waals surface area contributed by atoms with Gasteiger partial charge in [0.15, 0.2) is 0 Å². The van der Waals surface area contributed by atoms with E-state index in [2.05, 4.69) is 0 Å². The van der Waals surface area contributed by atoms with Crippen LogP contribution in [-0.4, -0.2) is 12.6 Å². The number of alkyl halides is 3. The summed E-state index contributed by atoms with van der Waals surface area (Å²) in [6.45, 7) is 0.919. The van der Waals surface area contributed by atoms with E-state index >= 15 is 0 Å². The van der Waals surface area contributed by atoms with Crippen LogP contribution in [-0.2, 0) is 0 Å². The van der Waals surface area contributed by atoms with Gasteiger partial charge in [-0.05, 0) is 6.42 Å². The minimum absolute atomic E-state index is 0.173. The Balaban J connectivity index is 3.42. The first-order valence-electron chi connectivity index (χ1n) is 3.56. The van der Waals surface area contributed by atoms with E-state index < -0.39 is 19.0 Å². The maximum absolute atomic E-state index is 12.4. The van der Waals surface area contributed by atoms with Crippen molar-refractivity contribution in [3.8, 4) is 0 Å². The van der Waals surface area contributed by atoms with Gasteiger partial charge in [-0.2, -0.15) is 0 Å². The summed E-state index contributed by atoms with van der Waals surface area (Å²) in [5.74, 6) is -2.77. The molecule has 0 nitrogen and oxygen atoms in total. The summed E-state index contributed by atoms with van der Waals surface area (Å²) in [5, 5.41) is 0. The molecule has 0 bridgehead atoms. The number of hydrogen-bond donors (Lipinski definition) is 0. The van der Waals surface area contributed by atoms with Crippen LogP contribution in [0.15, 0.2) is 0 Å². The summed E-state index contributed by atoms with van der Waals surface area (Å²) in [6, 6.07) is 0. The smallest absolute Gasteiger partial charge is 0.250 e. The van der Waals surface area contributed by atoms with Crippen molar-refractivity contribution in [2.75, 3.05) is 6.67 Å². The van der Waals surface area contributed by atoms with Gasteiger partial charge in [0.2, 0.25) is 0 Å². The zero-order valence-corrected chi connectivity index (χ0v) is 6.17. The first-order valence-corrected chi connectivity index (χ1v) is 3.56. The minimum Gasteiger partial charge on any atom is -0.251 e. The van der Waals surface area contributed by atoms with E-state index in [1.165, 1.54) is 0 Å². The van der Waals surface area contributed by atoms with Gasteiger partial charge in [0.25, 0.3) is 5.92 Å². The molecule has 0 aliphatic heterocycles. The molecule has 0 fully saturated rings. The Kier molecular flexibility index (Phi) is 4.49. The van der Waals surface area contributed by atoms with Crippen LogP contribution in [0, 0.1) is 0 Å². The highest BCUT2D eigenvalue weighted by molar-refractivity contribution is 4.64. The lowest BCUT2D eigenvalue weighted by molar-refractivity contribution is -0.0230. The van der Waals surface area contributed by atoms with Gasteiger partial charge in [0.1, 0.15) is 0 Å². The Morgan fingerprint density at radius 3 is 2.20 bits per heavy atom. The molecule has 0 saturated heterocycles. The van der Waals surface area contributed by atoms with Gasteiger partial charge in [0, 0.05) is 12.8 Å². The van der Waals surface area contributed by atoms with E-state index in [-0.39, 0.29) is 6.42 Å². The fraction of sp³-hybridized carbons (Fsp3) is 1.00. The number of unbranched alkanes of at least 4 members (excludes halogenated alkanes) is 1. The Labute approximate surface area is 59.4 Å². The van der Waals surface area contributed by atoms with Crippen molar-refractivity contribution in [1.82, 2.24) is 0 Å². The van der Waals surface area contributed by atoms with Crippen molar-refractivity contribution < 1.29 is 13.2 Å². The molecule has 0 N–H and O–H groups in total. The summed E-state index contributed by atoms with van der Waals surface area (Å²) in [4.78, 5) is 0. The van der Waals surface area contributed by atoms with Gasteiger partial charge in [-0.25, -0.2) is 8.78 Å². The highest BCUT2D eigenvalue weighted by Gasteiger charge is 2.26. The maximum Gasteiger partial charge on any atom is 0.250 e. The van der Waals surface area contributed by atoms with Gasteiger partial charge >= 0.3 is 0 Å². The highest BCUT2D eigenvalue weighted by atomic mass is 19.3. The van der Waals surface area contributed by atoms with E-state index in [0.717, 1.165) is 6.42 Å². The van der Waals surface area contributed by atoms with Crippen LogP contribution in [0.25, 0.3) is 0 Å². The van der Waals surface area contributed by atoms with Crippen LogP contribution in [0.2, 0.25) is 0 Å². The molecule has 0 aromatic rings. The minimum atomic E-state index is -2.77. The van der Waals surface area contributed by atoms with E-state index in [1.807, 2.05) is 6.92 Å². The average Bonchev–Trinajstić information content (AvgIpc) is 1.84. The largest absolute Gasteiger partial charge is 0.251 e. The Bertz CT molecular complexity index is 80.9. The van der Waals surface area contributed by atoms with Crippen LogP contribution in [0.4, 0.5) is 13.2 Å². The molecule has 0 amide bonds. The topological polar surface area (TPSA) is 0 Å². The fourth-order valence-corrected chi connectivity index (χ4v) is 0.699. The van der Waals surface area contributed by atoms with E-state index in [1.54, 1.807) is 0 Å². The van der Waals surface area contributed by atoms with Crippen LogP contribution < -0.4 is 0 Å². The van der Waals surface area contributed by atoms with Gasteiger partial charge in [-0.3, -0.25) is 4.39 Å². The summed E-state index contributed by atoms with van der Waals surface area (Å²) in [6.07, 6.45) is 0.426. The standard InChI is InChI=1S/C7H13F3/c1-2-3-4-7(9,10)5-6-8/h2-6H2,1H3. The molecule has 0 radical (unpaired) electrons. The lowest BCUT2D eigenvalue weighted by atomic mass is 10.1. The third-order valence-electron chi connectivity index (χ3n) is 1.36. The van der Waals surface area contributed by atoms with Crippen molar-refractivity contribution in [2.24, 2.45) is 0 Å². The predicted octanol–water partition coefficient (Wildman–Crippen LogP) is 3.17. The molecule has 0 aliphatic carbocycles. The number of rotatable bonds is 5. The average molecular weight is 154 g/mol.